The van der Waals surface area contributed by atoms with Gasteiger partial charge in [-0.3, -0.25) is 15.4 Å². The molecule has 1 heterocycles. The van der Waals surface area contributed by atoms with Crippen molar-refractivity contribution in [2.75, 3.05) is 10.6 Å². The third kappa shape index (κ3) is 3.51. The van der Waals surface area contributed by atoms with Gasteiger partial charge in [-0.25, -0.2) is 9.78 Å². The van der Waals surface area contributed by atoms with E-state index in [1.807, 2.05) is 0 Å². The van der Waals surface area contributed by atoms with E-state index in [0.717, 1.165) is 0 Å². The van der Waals surface area contributed by atoms with Crippen LogP contribution in [-0.4, -0.2) is 15.9 Å². The van der Waals surface area contributed by atoms with E-state index >= 15 is 0 Å². The van der Waals surface area contributed by atoms with Crippen LogP contribution in [0.15, 0.2) is 47.1 Å². The van der Waals surface area contributed by atoms with Gasteiger partial charge >= 0.3 is 6.03 Å². The van der Waals surface area contributed by atoms with Gasteiger partial charge in [-0.05, 0) is 34.1 Å². The first-order valence-electron chi connectivity index (χ1n) is 5.49. The van der Waals surface area contributed by atoms with Crippen molar-refractivity contribution < 1.29 is 9.72 Å². The Kier molecular flexibility index (Phi) is 4.26. The molecule has 102 valence electrons. The van der Waals surface area contributed by atoms with E-state index in [0.29, 0.717) is 16.0 Å². The summed E-state index contributed by atoms with van der Waals surface area (Å²) in [5.74, 6) is 0.381. The number of carbonyl (C=O) groups is 1. The summed E-state index contributed by atoms with van der Waals surface area (Å²) in [6, 6.07) is 8.64. The molecule has 2 N–H and O–H groups in total. The highest BCUT2D eigenvalue weighted by Crippen LogP contribution is 2.27. The van der Waals surface area contributed by atoms with E-state index in [9.17, 15) is 14.9 Å². The predicted octanol–water partition coefficient (Wildman–Crippen LogP) is 3.40. The third-order valence-corrected chi connectivity index (χ3v) is 3.01. The molecule has 8 heteroatoms. The van der Waals surface area contributed by atoms with E-state index in [2.05, 4.69) is 31.5 Å². The minimum absolute atomic E-state index is 0.110. The topological polar surface area (TPSA) is 97.2 Å². The first-order valence-corrected chi connectivity index (χ1v) is 6.28. The van der Waals surface area contributed by atoms with E-state index in [1.54, 1.807) is 24.4 Å². The molecule has 0 atom stereocenters. The molecule has 0 unspecified atom stereocenters. The van der Waals surface area contributed by atoms with Crippen LogP contribution >= 0.6 is 15.9 Å². The third-order valence-electron chi connectivity index (χ3n) is 2.32. The average Bonchev–Trinajstić information content (AvgIpc) is 2.42. The molecule has 0 aliphatic rings. The number of halogens is 1. The van der Waals surface area contributed by atoms with Gasteiger partial charge in [0.2, 0.25) is 0 Å². The molecule has 0 saturated carbocycles. The lowest BCUT2D eigenvalue weighted by molar-refractivity contribution is -0.384. The second kappa shape index (κ2) is 6.11. The fourth-order valence-electron chi connectivity index (χ4n) is 1.43. The quantitative estimate of drug-likeness (QED) is 0.663. The number of aromatic nitrogens is 1. The van der Waals surface area contributed by atoms with Crippen LogP contribution in [-0.2, 0) is 0 Å². The summed E-state index contributed by atoms with van der Waals surface area (Å²) in [5, 5.41) is 15.7. The van der Waals surface area contributed by atoms with E-state index in [4.69, 9.17) is 0 Å². The van der Waals surface area contributed by atoms with Crippen LogP contribution in [0, 0.1) is 10.1 Å². The molecular weight excluding hydrogens is 328 g/mol. The minimum Gasteiger partial charge on any atom is -0.306 e. The molecule has 0 aliphatic heterocycles. The molecule has 0 bridgehead atoms. The van der Waals surface area contributed by atoms with E-state index in [1.165, 1.54) is 18.2 Å². The average molecular weight is 337 g/mol. The van der Waals surface area contributed by atoms with Crippen LogP contribution in [0.3, 0.4) is 0 Å². The second-order valence-electron chi connectivity index (χ2n) is 3.72. The Morgan fingerprint density at radius 1 is 1.25 bits per heavy atom. The lowest BCUT2D eigenvalue weighted by Gasteiger charge is -2.08. The Morgan fingerprint density at radius 3 is 2.70 bits per heavy atom. The largest absolute Gasteiger partial charge is 0.324 e. The molecule has 0 saturated heterocycles. The fraction of sp³-hybridized carbons (Fsp3) is 0. The summed E-state index contributed by atoms with van der Waals surface area (Å²) in [6.45, 7) is 0. The van der Waals surface area contributed by atoms with Crippen LogP contribution in [0.4, 0.5) is 22.0 Å². The second-order valence-corrected chi connectivity index (χ2v) is 4.57. The zero-order valence-electron chi connectivity index (χ0n) is 10.0. The summed E-state index contributed by atoms with van der Waals surface area (Å²) in [6.07, 6.45) is 1.54. The van der Waals surface area contributed by atoms with E-state index in [-0.39, 0.29) is 5.69 Å². The van der Waals surface area contributed by atoms with Gasteiger partial charge in [-0.2, -0.15) is 0 Å². The highest BCUT2D eigenvalue weighted by Gasteiger charge is 2.12. The number of nitro groups is 1. The van der Waals surface area contributed by atoms with Gasteiger partial charge in [-0.1, -0.05) is 6.07 Å². The highest BCUT2D eigenvalue weighted by molar-refractivity contribution is 9.10. The molecule has 1 aromatic heterocycles. The molecule has 7 nitrogen and oxygen atoms in total. The Balaban J connectivity index is 2.11. The van der Waals surface area contributed by atoms with Gasteiger partial charge < -0.3 is 5.32 Å². The number of nitrogens with one attached hydrogen (secondary N) is 2. The Bertz CT molecular complexity index is 648. The molecule has 2 amide bonds. The lowest BCUT2D eigenvalue weighted by atomic mass is 10.3. The maximum atomic E-state index is 11.8. The zero-order valence-corrected chi connectivity index (χ0v) is 11.6. The number of non-ortho nitro benzene ring substituents is 1. The fourth-order valence-corrected chi connectivity index (χ4v) is 1.77. The molecule has 20 heavy (non-hydrogen) atoms. The van der Waals surface area contributed by atoms with Crippen molar-refractivity contribution in [1.82, 2.24) is 4.98 Å². The first-order chi connectivity index (χ1) is 9.56. The smallest absolute Gasteiger partial charge is 0.306 e. The normalized spacial score (nSPS) is 9.85. The molecule has 1 aromatic carbocycles. The van der Waals surface area contributed by atoms with Crippen molar-refractivity contribution in [3.8, 4) is 0 Å². The lowest BCUT2D eigenvalue weighted by Crippen LogP contribution is -2.20. The molecular formula is C12H9BrN4O3. The number of carbonyl (C=O) groups excluding carboxylic acids is 1. The van der Waals surface area contributed by atoms with Crippen molar-refractivity contribution in [2.45, 2.75) is 0 Å². The van der Waals surface area contributed by atoms with Crippen LogP contribution < -0.4 is 10.6 Å². The SMILES string of the molecule is O=C(Nc1ccccn1)Nc1cc([N+](=O)[O-])ccc1Br. The molecule has 0 spiro atoms. The van der Waals surface area contributed by atoms with Crippen molar-refractivity contribution in [2.24, 2.45) is 0 Å². The van der Waals surface area contributed by atoms with Gasteiger partial charge in [0.25, 0.3) is 5.69 Å². The molecule has 0 aliphatic carbocycles. The number of rotatable bonds is 3. The summed E-state index contributed by atoms with van der Waals surface area (Å²) in [5.41, 5.74) is 0.189. The van der Waals surface area contributed by atoms with Gasteiger partial charge in [0, 0.05) is 22.8 Å². The van der Waals surface area contributed by atoms with Gasteiger partial charge in [0.1, 0.15) is 5.82 Å². The van der Waals surface area contributed by atoms with Gasteiger partial charge in [-0.15, -0.1) is 0 Å². The Hall–Kier alpha value is -2.48. The van der Waals surface area contributed by atoms with Crippen LogP contribution in [0.1, 0.15) is 0 Å². The Morgan fingerprint density at radius 2 is 2.05 bits per heavy atom. The predicted molar refractivity (Wildman–Crippen MR) is 77.7 cm³/mol. The van der Waals surface area contributed by atoms with Gasteiger partial charge in [0.15, 0.2) is 0 Å². The number of nitro benzene ring substituents is 1. The zero-order chi connectivity index (χ0) is 14.5. The number of hydrogen-bond donors (Lipinski definition) is 2. The van der Waals surface area contributed by atoms with Crippen LogP contribution in [0.5, 0.6) is 0 Å². The Labute approximate surface area is 122 Å². The number of benzene rings is 1. The maximum Gasteiger partial charge on any atom is 0.324 e. The molecule has 2 aromatic rings. The van der Waals surface area contributed by atoms with Crippen molar-refractivity contribution in [1.29, 1.82) is 0 Å². The van der Waals surface area contributed by atoms with Crippen LogP contribution in [0.2, 0.25) is 0 Å². The van der Waals surface area contributed by atoms with Gasteiger partial charge in [0.05, 0.1) is 10.6 Å². The number of amides is 2. The monoisotopic (exact) mass is 336 g/mol. The van der Waals surface area contributed by atoms with E-state index < -0.39 is 11.0 Å². The summed E-state index contributed by atoms with van der Waals surface area (Å²) in [7, 11) is 0. The maximum absolute atomic E-state index is 11.8. The first kappa shape index (κ1) is 13.9. The van der Waals surface area contributed by atoms with Crippen molar-refractivity contribution in [3.05, 3.63) is 57.2 Å². The number of pyridine rings is 1. The number of hydrogen-bond acceptors (Lipinski definition) is 4. The number of urea groups is 1. The standard InChI is InChI=1S/C12H9BrN4O3/c13-9-5-4-8(17(19)20)7-10(9)15-12(18)16-11-3-1-2-6-14-11/h1-7H,(H2,14,15,16,18). The molecule has 0 fully saturated rings. The molecule has 0 radical (unpaired) electrons. The highest BCUT2D eigenvalue weighted by atomic mass is 79.9. The summed E-state index contributed by atoms with van der Waals surface area (Å²) < 4.78 is 0.541. The minimum atomic E-state index is -0.537. The van der Waals surface area contributed by atoms with Crippen molar-refractivity contribution in [3.63, 3.8) is 0 Å². The molecule has 2 rings (SSSR count). The number of nitrogens with zero attached hydrogens (tertiary/aromatic N) is 2. The summed E-state index contributed by atoms with van der Waals surface area (Å²) >= 11 is 3.21. The summed E-state index contributed by atoms with van der Waals surface area (Å²) in [4.78, 5) is 25.9. The number of anilines is 2. The van der Waals surface area contributed by atoms with Crippen LogP contribution in [0.25, 0.3) is 0 Å². The van der Waals surface area contributed by atoms with Crippen molar-refractivity contribution >= 4 is 39.2 Å².